The molecule has 3 aliphatic rings. The first-order valence-corrected chi connectivity index (χ1v) is 16.0. The van der Waals surface area contributed by atoms with Crippen LogP contribution in [-0.2, 0) is 16.7 Å². The Hall–Kier alpha value is -3.08. The number of aliphatic hydroxyl groups is 1. The Balaban J connectivity index is 1.23. The van der Waals surface area contributed by atoms with Crippen molar-refractivity contribution in [3.63, 3.8) is 0 Å². The summed E-state index contributed by atoms with van der Waals surface area (Å²) in [5, 5.41) is 21.6. The lowest BCUT2D eigenvalue weighted by Crippen LogP contribution is -2.39. The molecule has 2 atom stereocenters. The molecule has 2 N–H and O–H groups in total. The molecule has 228 valence electrons. The highest BCUT2D eigenvalue weighted by Gasteiger charge is 2.49. The molecule has 3 aliphatic heterocycles. The summed E-state index contributed by atoms with van der Waals surface area (Å²) in [6.07, 6.45) is 3.17. The van der Waals surface area contributed by atoms with Gasteiger partial charge < -0.3 is 24.4 Å². The molecule has 0 bridgehead atoms. The Labute approximate surface area is 257 Å². The summed E-state index contributed by atoms with van der Waals surface area (Å²) in [6, 6.07) is 19.7. The number of rotatable bonds is 12. The van der Waals surface area contributed by atoms with Gasteiger partial charge in [-0.15, -0.1) is 11.8 Å². The first-order chi connectivity index (χ1) is 21.1. The summed E-state index contributed by atoms with van der Waals surface area (Å²) in [4.78, 5) is 17.8. The fourth-order valence-corrected chi connectivity index (χ4v) is 7.97. The molecule has 8 nitrogen and oxygen atoms in total. The van der Waals surface area contributed by atoms with Crippen molar-refractivity contribution < 1.29 is 29.2 Å². The summed E-state index contributed by atoms with van der Waals surface area (Å²) in [5.41, 5.74) is 2.28. The molecule has 43 heavy (non-hydrogen) atoms. The Morgan fingerprint density at radius 3 is 2.49 bits per heavy atom. The molecule has 0 aromatic heterocycles. The molecule has 2 fully saturated rings. The Kier molecular flexibility index (Phi) is 9.55. The van der Waals surface area contributed by atoms with Gasteiger partial charge in [0.1, 0.15) is 30.5 Å². The third kappa shape index (κ3) is 6.56. The number of thioether (sulfide) groups is 1. The lowest BCUT2D eigenvalue weighted by Gasteiger charge is -2.34. The lowest BCUT2D eigenvalue weighted by molar-refractivity contribution is 0.0341. The molecular weight excluding hydrogens is 564 g/mol. The number of carbonyl (C=O) groups is 1. The molecular formula is C34H40N2O6S. The van der Waals surface area contributed by atoms with Gasteiger partial charge >= 0.3 is 0 Å². The second-order valence-corrected chi connectivity index (χ2v) is 12.7. The monoisotopic (exact) mass is 604 g/mol. The van der Waals surface area contributed by atoms with E-state index in [0.29, 0.717) is 38.4 Å². The van der Waals surface area contributed by atoms with Crippen molar-refractivity contribution in [2.75, 3.05) is 65.8 Å². The van der Waals surface area contributed by atoms with Crippen molar-refractivity contribution in [3.05, 3.63) is 82.9 Å². The number of phenols is 1. The quantitative estimate of drug-likeness (QED) is 0.286. The van der Waals surface area contributed by atoms with Crippen LogP contribution in [0.25, 0.3) is 0 Å². The number of aliphatic hydroxyl groups excluding tert-OH is 1. The number of hydrogen-bond acceptors (Lipinski definition) is 9. The number of likely N-dealkylation sites (tertiary alicyclic amines) is 1. The lowest BCUT2D eigenvalue weighted by atomic mass is 9.76. The predicted octanol–water partition coefficient (Wildman–Crippen LogP) is 4.67. The number of morpholine rings is 1. The van der Waals surface area contributed by atoms with Gasteiger partial charge in [-0.05, 0) is 73.0 Å². The van der Waals surface area contributed by atoms with Crippen LogP contribution < -0.4 is 9.47 Å². The number of fused-ring (bicyclic) bond motifs is 1. The van der Waals surface area contributed by atoms with E-state index in [9.17, 15) is 15.0 Å². The number of nitrogens with zero attached hydrogens (tertiary/aromatic N) is 2. The number of aromatic hydroxyl groups is 1. The molecule has 2 saturated heterocycles. The molecule has 0 amide bonds. The third-order valence-electron chi connectivity index (χ3n) is 8.80. The summed E-state index contributed by atoms with van der Waals surface area (Å²) >= 11 is 1.71. The maximum Gasteiger partial charge on any atom is 0.157 e. The van der Waals surface area contributed by atoms with Gasteiger partial charge in [0.25, 0.3) is 0 Å². The molecule has 9 heteroatoms. The number of ether oxygens (including phenoxy) is 3. The molecule has 0 saturated carbocycles. The minimum absolute atomic E-state index is 0.105. The van der Waals surface area contributed by atoms with Crippen molar-refractivity contribution in [2.24, 2.45) is 0 Å². The van der Waals surface area contributed by atoms with Crippen molar-refractivity contribution in [1.82, 2.24) is 9.80 Å². The van der Waals surface area contributed by atoms with E-state index >= 15 is 0 Å². The predicted molar refractivity (Wildman–Crippen MR) is 167 cm³/mol. The zero-order valence-electron chi connectivity index (χ0n) is 24.5. The van der Waals surface area contributed by atoms with Gasteiger partial charge in [-0.25, -0.2) is 0 Å². The smallest absolute Gasteiger partial charge is 0.157 e. The van der Waals surface area contributed by atoms with E-state index in [2.05, 4.69) is 28.0 Å². The van der Waals surface area contributed by atoms with Crippen LogP contribution in [0.3, 0.4) is 0 Å². The topological polar surface area (TPSA) is 91.7 Å². The van der Waals surface area contributed by atoms with Crippen LogP contribution in [0.15, 0.2) is 65.6 Å². The van der Waals surface area contributed by atoms with Crippen LogP contribution in [0.4, 0.5) is 0 Å². The molecule has 6 rings (SSSR count). The number of aldehydes is 1. The van der Waals surface area contributed by atoms with E-state index < -0.39 is 5.41 Å². The third-order valence-corrected chi connectivity index (χ3v) is 10.4. The fourth-order valence-electron chi connectivity index (χ4n) is 6.37. The number of benzene rings is 3. The number of carbonyl (C=O) groups excluding carboxylic acids is 1. The SMILES string of the molecule is O=Cc1c(O)cc(CN2CCOCC2)cc1OCC1(CO)c2ccccc2SC1c1ccc(OCCN2CCCC2)cc1. The molecule has 0 spiro atoms. The molecule has 0 radical (unpaired) electrons. The van der Waals surface area contributed by atoms with Crippen LogP contribution >= 0.6 is 11.8 Å². The number of hydrogen-bond donors (Lipinski definition) is 2. The van der Waals surface area contributed by atoms with Gasteiger partial charge in [0.05, 0.1) is 30.8 Å². The van der Waals surface area contributed by atoms with Crippen LogP contribution in [0.1, 0.15) is 45.1 Å². The van der Waals surface area contributed by atoms with E-state index in [0.717, 1.165) is 60.1 Å². The van der Waals surface area contributed by atoms with E-state index in [4.69, 9.17) is 14.2 Å². The van der Waals surface area contributed by atoms with E-state index in [-0.39, 0.29) is 29.8 Å². The van der Waals surface area contributed by atoms with Crippen molar-refractivity contribution in [3.8, 4) is 17.2 Å². The van der Waals surface area contributed by atoms with Gasteiger partial charge in [0.15, 0.2) is 6.29 Å². The van der Waals surface area contributed by atoms with E-state index in [1.54, 1.807) is 17.8 Å². The highest BCUT2D eigenvalue weighted by Crippen LogP contribution is 2.58. The average molecular weight is 605 g/mol. The maximum atomic E-state index is 12.0. The summed E-state index contributed by atoms with van der Waals surface area (Å²) in [6.45, 7) is 7.45. The van der Waals surface area contributed by atoms with E-state index in [1.807, 2.05) is 36.4 Å². The Morgan fingerprint density at radius 2 is 1.74 bits per heavy atom. The largest absolute Gasteiger partial charge is 0.507 e. The zero-order chi connectivity index (χ0) is 29.6. The maximum absolute atomic E-state index is 12.0. The average Bonchev–Trinajstić information content (AvgIpc) is 3.67. The van der Waals surface area contributed by atoms with Gasteiger partial charge in [-0.3, -0.25) is 14.6 Å². The normalized spacial score (nSPS) is 22.4. The minimum atomic E-state index is -0.768. The van der Waals surface area contributed by atoms with Crippen molar-refractivity contribution >= 4 is 18.0 Å². The molecule has 3 aromatic carbocycles. The molecule has 2 unspecified atom stereocenters. The molecule has 3 heterocycles. The summed E-state index contributed by atoms with van der Waals surface area (Å²) < 4.78 is 17.9. The van der Waals surface area contributed by atoms with E-state index in [1.165, 1.54) is 12.8 Å². The van der Waals surface area contributed by atoms with Crippen LogP contribution in [-0.4, -0.2) is 92.1 Å². The highest BCUT2D eigenvalue weighted by atomic mass is 32.2. The highest BCUT2D eigenvalue weighted by molar-refractivity contribution is 8.00. The van der Waals surface area contributed by atoms with Crippen molar-refractivity contribution in [2.45, 2.75) is 34.9 Å². The second kappa shape index (κ2) is 13.7. The van der Waals surface area contributed by atoms with Crippen LogP contribution in [0, 0.1) is 0 Å². The Bertz CT molecular complexity index is 1390. The minimum Gasteiger partial charge on any atom is -0.507 e. The molecule has 3 aromatic rings. The second-order valence-electron chi connectivity index (χ2n) is 11.6. The zero-order valence-corrected chi connectivity index (χ0v) is 25.3. The summed E-state index contributed by atoms with van der Waals surface area (Å²) in [7, 11) is 0. The number of phenolic OH excluding ortho intramolecular Hbond substituents is 1. The van der Waals surface area contributed by atoms with Crippen LogP contribution in [0.2, 0.25) is 0 Å². The van der Waals surface area contributed by atoms with Crippen LogP contribution in [0.5, 0.6) is 17.2 Å². The molecule has 0 aliphatic carbocycles. The van der Waals surface area contributed by atoms with Gasteiger partial charge in [-0.1, -0.05) is 30.3 Å². The first-order valence-electron chi connectivity index (χ1n) is 15.2. The van der Waals surface area contributed by atoms with Crippen molar-refractivity contribution in [1.29, 1.82) is 0 Å². The van der Waals surface area contributed by atoms with Gasteiger partial charge in [0.2, 0.25) is 0 Å². The van der Waals surface area contributed by atoms with Gasteiger partial charge in [0, 0.05) is 36.3 Å². The van der Waals surface area contributed by atoms with Gasteiger partial charge in [-0.2, -0.15) is 0 Å². The standard InChI is InChI=1S/C34H40N2O6S/c37-22-28-30(39)19-25(21-36-13-16-40-17-14-36)20-31(28)42-24-34(23-38)29-5-1-2-6-32(29)43-33(34)26-7-9-27(10-8-26)41-18-15-35-11-3-4-12-35/h1-2,5-10,19-20,22,33,38-39H,3-4,11-18,21,23-24H2. The fraction of sp³-hybridized carbons (Fsp3) is 0.441. The Morgan fingerprint density at radius 1 is 0.977 bits per heavy atom. The summed E-state index contributed by atoms with van der Waals surface area (Å²) in [5.74, 6) is 1.05. The first kappa shape index (κ1) is 30.0.